The van der Waals surface area contributed by atoms with Gasteiger partial charge in [-0.25, -0.2) is 0 Å². The lowest BCUT2D eigenvalue weighted by Crippen LogP contribution is -2.52. The summed E-state index contributed by atoms with van der Waals surface area (Å²) in [6, 6.07) is -2.61. The van der Waals surface area contributed by atoms with E-state index >= 15 is 0 Å². The summed E-state index contributed by atoms with van der Waals surface area (Å²) in [5.74, 6) is 0. The molecule has 0 heterocycles. The minimum absolute atomic E-state index is 0.0764. The average molecular weight is 108 g/mol. The molecule has 44 valence electrons. The number of nitrogens with zero attached hydrogens (tertiary/aromatic N) is 1. The Morgan fingerprint density at radius 1 is 1.57 bits per heavy atom. The summed E-state index contributed by atoms with van der Waals surface area (Å²) in [5.41, 5.74) is 4.47. The summed E-state index contributed by atoms with van der Waals surface area (Å²) in [6.45, 7) is 0. The van der Waals surface area contributed by atoms with E-state index in [9.17, 15) is 0 Å². The van der Waals surface area contributed by atoms with Crippen LogP contribution in [0.25, 0.3) is 0 Å². The van der Waals surface area contributed by atoms with Gasteiger partial charge in [0.05, 0.1) is 0 Å². The van der Waals surface area contributed by atoms with Crippen LogP contribution in [0.3, 0.4) is 0 Å². The molecular weight excluding hydrogens is 100 g/mol. The van der Waals surface area contributed by atoms with Crippen LogP contribution in [0.1, 0.15) is 0 Å². The van der Waals surface area contributed by atoms with Gasteiger partial charge in [0.1, 0.15) is 0 Å². The Hall–Kier alpha value is -0.200. The maximum absolute atomic E-state index is 8.10. The fourth-order valence-corrected chi connectivity index (χ4v) is 0. The van der Waals surface area contributed by atoms with E-state index in [2.05, 4.69) is 5.73 Å². The van der Waals surface area contributed by atoms with E-state index in [1.54, 1.807) is 0 Å². The molecule has 7 heavy (non-hydrogen) atoms. The van der Waals surface area contributed by atoms with Gasteiger partial charge < -0.3 is 15.4 Å². The smallest absolute Gasteiger partial charge is 0.308 e. The molecule has 0 bridgehead atoms. The van der Waals surface area contributed by atoms with Gasteiger partial charge in [-0.3, -0.25) is 5.73 Å². The highest BCUT2D eigenvalue weighted by Crippen LogP contribution is 1.87. The molecule has 0 amide bonds. The minimum atomic E-state index is -2.61. The zero-order chi connectivity index (χ0) is 6.08. The molecule has 0 aromatic carbocycles. The summed E-state index contributed by atoms with van der Waals surface area (Å²) in [7, 11) is 1.01. The molecule has 0 fully saturated rings. The van der Waals surface area contributed by atoms with Gasteiger partial charge in [0.25, 0.3) is 0 Å². The Morgan fingerprint density at radius 2 is 1.71 bits per heavy atom. The number of hydroxylamine groups is 2. The maximum Gasteiger partial charge on any atom is 0.308 e. The van der Waals surface area contributed by atoms with Crippen molar-refractivity contribution in [2.45, 2.75) is 6.03 Å². The Morgan fingerprint density at radius 3 is 1.71 bits per heavy atom. The van der Waals surface area contributed by atoms with Crippen LogP contribution in [0.2, 0.25) is 0 Å². The van der Waals surface area contributed by atoms with E-state index in [0.717, 1.165) is 7.05 Å². The third-order valence-corrected chi connectivity index (χ3v) is 0.476. The number of aliphatic hydroxyl groups is 2. The van der Waals surface area contributed by atoms with Crippen molar-refractivity contribution in [2.24, 2.45) is 5.73 Å². The summed E-state index contributed by atoms with van der Waals surface area (Å²) in [6.07, 6.45) is 0. The van der Waals surface area contributed by atoms with Crippen LogP contribution in [0, 0.1) is 0 Å². The largest absolute Gasteiger partial charge is 0.339 e. The first-order valence-corrected chi connectivity index (χ1v) is 1.61. The molecule has 0 aliphatic rings. The predicted molar refractivity (Wildman–Crippen MR) is 20.9 cm³/mol. The highest BCUT2D eigenvalue weighted by molar-refractivity contribution is 4.38. The van der Waals surface area contributed by atoms with Crippen LogP contribution in [0.15, 0.2) is 0 Å². The second kappa shape index (κ2) is 1.73. The van der Waals surface area contributed by atoms with E-state index < -0.39 is 6.03 Å². The van der Waals surface area contributed by atoms with Crippen molar-refractivity contribution in [1.82, 2.24) is 5.06 Å². The average Bonchev–Trinajstić information content (AvgIpc) is 1.31. The van der Waals surface area contributed by atoms with Gasteiger partial charge in [-0.05, 0) is 0 Å². The van der Waals surface area contributed by atoms with Crippen LogP contribution in [0.5, 0.6) is 0 Å². The molecule has 0 aromatic rings. The van der Waals surface area contributed by atoms with Gasteiger partial charge in [-0.15, -0.1) is 5.06 Å². The minimum Gasteiger partial charge on any atom is -0.339 e. The van der Waals surface area contributed by atoms with Gasteiger partial charge in [0.2, 0.25) is 0 Å². The van der Waals surface area contributed by atoms with Crippen LogP contribution >= 0.6 is 0 Å². The molecular formula is C2H8N2O3. The summed E-state index contributed by atoms with van der Waals surface area (Å²) in [5, 5.41) is 24.4. The van der Waals surface area contributed by atoms with Crippen molar-refractivity contribution in [2.75, 3.05) is 7.05 Å². The summed E-state index contributed by atoms with van der Waals surface area (Å²) in [4.78, 5) is 0. The van der Waals surface area contributed by atoms with E-state index in [4.69, 9.17) is 15.4 Å². The fourth-order valence-electron chi connectivity index (χ4n) is 0. The lowest BCUT2D eigenvalue weighted by Gasteiger charge is -2.20. The van der Waals surface area contributed by atoms with Crippen LogP contribution in [0.4, 0.5) is 0 Å². The predicted octanol–water partition coefficient (Wildman–Crippen LogP) is -2.14. The topological polar surface area (TPSA) is 90.0 Å². The van der Waals surface area contributed by atoms with Gasteiger partial charge in [0.15, 0.2) is 0 Å². The fraction of sp³-hybridized carbons (Fsp3) is 1.00. The van der Waals surface area contributed by atoms with Crippen LogP contribution < -0.4 is 5.73 Å². The standard InChI is InChI=1S/C2H8N2O3/c1-4(7)2(3,5)6/h5-7H,3H2,1H3. The monoisotopic (exact) mass is 108 g/mol. The SMILES string of the molecule is CN(O)C(N)(O)O. The Labute approximate surface area is 40.5 Å². The van der Waals surface area contributed by atoms with Crippen molar-refractivity contribution in [3.8, 4) is 0 Å². The van der Waals surface area contributed by atoms with Gasteiger partial charge >= 0.3 is 6.03 Å². The summed E-state index contributed by atoms with van der Waals surface area (Å²) >= 11 is 0. The lowest BCUT2D eigenvalue weighted by atomic mass is 10.8. The van der Waals surface area contributed by atoms with Gasteiger partial charge in [0, 0.05) is 7.05 Å². The first kappa shape index (κ1) is 6.80. The molecule has 0 aliphatic carbocycles. The van der Waals surface area contributed by atoms with Crippen molar-refractivity contribution in [3.63, 3.8) is 0 Å². The van der Waals surface area contributed by atoms with E-state index in [-0.39, 0.29) is 5.06 Å². The molecule has 5 heteroatoms. The maximum atomic E-state index is 8.10. The normalized spacial score (nSPS) is 12.9. The second-order valence-corrected chi connectivity index (χ2v) is 1.21. The number of hydrogen-bond donors (Lipinski definition) is 4. The number of hydrogen-bond acceptors (Lipinski definition) is 5. The molecule has 0 rings (SSSR count). The molecule has 0 saturated carbocycles. The first-order valence-electron chi connectivity index (χ1n) is 1.61. The van der Waals surface area contributed by atoms with Crippen molar-refractivity contribution >= 4 is 0 Å². The Balaban J connectivity index is 3.54. The first-order chi connectivity index (χ1) is 2.94. The lowest BCUT2D eigenvalue weighted by molar-refractivity contribution is -0.347. The second-order valence-electron chi connectivity index (χ2n) is 1.21. The van der Waals surface area contributed by atoms with E-state index in [0.29, 0.717) is 0 Å². The number of nitrogens with two attached hydrogens (primary N) is 1. The zero-order valence-corrected chi connectivity index (χ0v) is 3.87. The number of rotatable bonds is 1. The third kappa shape index (κ3) is 2.49. The van der Waals surface area contributed by atoms with Crippen molar-refractivity contribution in [1.29, 1.82) is 0 Å². The molecule has 0 radical (unpaired) electrons. The Kier molecular flexibility index (Phi) is 1.68. The molecule has 0 aliphatic heterocycles. The molecule has 5 N–H and O–H groups in total. The van der Waals surface area contributed by atoms with Crippen molar-refractivity contribution < 1.29 is 15.4 Å². The highest BCUT2D eigenvalue weighted by Gasteiger charge is 2.19. The quantitative estimate of drug-likeness (QED) is 0.227. The van der Waals surface area contributed by atoms with Crippen LogP contribution in [-0.2, 0) is 0 Å². The molecule has 5 nitrogen and oxygen atoms in total. The summed E-state index contributed by atoms with van der Waals surface area (Å²) < 4.78 is 0. The molecule has 0 saturated heterocycles. The zero-order valence-electron chi connectivity index (χ0n) is 3.87. The molecule has 0 atom stereocenters. The molecule has 0 unspecified atom stereocenters. The van der Waals surface area contributed by atoms with Gasteiger partial charge in [-0.2, -0.15) is 0 Å². The molecule has 0 aromatic heterocycles. The highest BCUT2D eigenvalue weighted by atomic mass is 16.6. The van der Waals surface area contributed by atoms with Crippen LogP contribution in [-0.4, -0.2) is 33.6 Å². The molecule has 0 spiro atoms. The van der Waals surface area contributed by atoms with Crippen molar-refractivity contribution in [3.05, 3.63) is 0 Å². The van der Waals surface area contributed by atoms with E-state index in [1.807, 2.05) is 0 Å². The Bertz CT molecular complexity index is 56.4. The van der Waals surface area contributed by atoms with E-state index in [1.165, 1.54) is 0 Å². The van der Waals surface area contributed by atoms with Gasteiger partial charge in [-0.1, -0.05) is 0 Å². The third-order valence-electron chi connectivity index (χ3n) is 0.476.